The number of carbonyl (C=O) groups is 2. The SMILES string of the molecule is Cc1ccc2c(c1)N(c1ccc(C(=O)O)cc1)C(=O)[C@@]2(C)c1ccc(C(C)(C)C)cc1. The van der Waals surface area contributed by atoms with Gasteiger partial charge < -0.3 is 5.11 Å². The molecule has 1 aliphatic rings. The fourth-order valence-corrected chi connectivity index (χ4v) is 4.29. The number of hydrogen-bond donors (Lipinski definition) is 1. The van der Waals surface area contributed by atoms with E-state index in [1.165, 1.54) is 17.7 Å². The van der Waals surface area contributed by atoms with Gasteiger partial charge in [-0.15, -0.1) is 0 Å². The fourth-order valence-electron chi connectivity index (χ4n) is 4.29. The second-order valence-electron chi connectivity index (χ2n) is 9.47. The lowest BCUT2D eigenvalue weighted by molar-refractivity contribution is -0.120. The molecule has 1 aliphatic heterocycles. The minimum absolute atomic E-state index is 0.0338. The van der Waals surface area contributed by atoms with Gasteiger partial charge in [0.25, 0.3) is 0 Å². The van der Waals surface area contributed by atoms with Crippen LogP contribution >= 0.6 is 0 Å². The first-order chi connectivity index (χ1) is 14.5. The largest absolute Gasteiger partial charge is 0.478 e. The summed E-state index contributed by atoms with van der Waals surface area (Å²) in [7, 11) is 0. The van der Waals surface area contributed by atoms with Gasteiger partial charge in [-0.3, -0.25) is 9.69 Å². The first-order valence-electron chi connectivity index (χ1n) is 10.4. The molecule has 0 radical (unpaired) electrons. The van der Waals surface area contributed by atoms with Crippen LogP contribution in [-0.4, -0.2) is 17.0 Å². The van der Waals surface area contributed by atoms with E-state index in [0.29, 0.717) is 5.69 Å². The second-order valence-corrected chi connectivity index (χ2v) is 9.47. The highest BCUT2D eigenvalue weighted by Gasteiger charge is 2.49. The van der Waals surface area contributed by atoms with Crippen molar-refractivity contribution < 1.29 is 14.7 Å². The number of aryl methyl sites for hydroxylation is 1. The minimum Gasteiger partial charge on any atom is -0.478 e. The Hall–Kier alpha value is -3.40. The van der Waals surface area contributed by atoms with Gasteiger partial charge in [-0.25, -0.2) is 4.79 Å². The topological polar surface area (TPSA) is 57.6 Å². The zero-order chi connectivity index (χ0) is 22.6. The summed E-state index contributed by atoms with van der Waals surface area (Å²) in [5, 5.41) is 9.22. The Morgan fingerprint density at radius 3 is 2.10 bits per heavy atom. The van der Waals surface area contributed by atoms with Crippen LogP contribution in [0, 0.1) is 6.92 Å². The first-order valence-corrected chi connectivity index (χ1v) is 10.4. The van der Waals surface area contributed by atoms with Crippen molar-refractivity contribution >= 4 is 23.3 Å². The van der Waals surface area contributed by atoms with Crippen molar-refractivity contribution in [2.75, 3.05) is 4.90 Å². The van der Waals surface area contributed by atoms with Crippen LogP contribution in [-0.2, 0) is 15.6 Å². The average molecular weight is 414 g/mol. The predicted octanol–water partition coefficient (Wildman–Crippen LogP) is 5.98. The van der Waals surface area contributed by atoms with E-state index in [0.717, 1.165) is 22.4 Å². The van der Waals surface area contributed by atoms with Crippen molar-refractivity contribution in [2.24, 2.45) is 0 Å². The molecule has 4 rings (SSSR count). The molecule has 0 aliphatic carbocycles. The van der Waals surface area contributed by atoms with Crippen LogP contribution in [0.5, 0.6) is 0 Å². The van der Waals surface area contributed by atoms with Crippen LogP contribution in [0.2, 0.25) is 0 Å². The van der Waals surface area contributed by atoms with E-state index in [1.807, 2.05) is 32.0 Å². The zero-order valence-electron chi connectivity index (χ0n) is 18.6. The van der Waals surface area contributed by atoms with Gasteiger partial charge in [0.2, 0.25) is 5.91 Å². The highest BCUT2D eigenvalue weighted by Crippen LogP contribution is 2.49. The lowest BCUT2D eigenvalue weighted by Gasteiger charge is -2.26. The van der Waals surface area contributed by atoms with Crippen molar-refractivity contribution in [3.8, 4) is 0 Å². The molecule has 1 amide bonds. The van der Waals surface area contributed by atoms with E-state index in [2.05, 4.69) is 45.0 Å². The van der Waals surface area contributed by atoms with E-state index in [1.54, 1.807) is 17.0 Å². The third-order valence-electron chi connectivity index (χ3n) is 6.26. The second kappa shape index (κ2) is 7.09. The highest BCUT2D eigenvalue weighted by atomic mass is 16.4. The Balaban J connectivity index is 1.86. The standard InChI is InChI=1S/C27H27NO3/c1-17-6-15-22-23(16-17)28(21-13-7-18(8-14-21)24(29)30)25(31)27(22,5)20-11-9-19(10-12-20)26(2,3)4/h6-16H,1-5H3,(H,29,30)/t27-/m0/s1. The van der Waals surface area contributed by atoms with Crippen LogP contribution in [0.1, 0.15) is 60.3 Å². The smallest absolute Gasteiger partial charge is 0.335 e. The lowest BCUT2D eigenvalue weighted by Crippen LogP contribution is -2.36. The molecule has 0 unspecified atom stereocenters. The Bertz CT molecular complexity index is 1170. The number of carbonyl (C=O) groups excluding carboxylic acids is 1. The van der Waals surface area contributed by atoms with Crippen LogP contribution in [0.15, 0.2) is 66.7 Å². The van der Waals surface area contributed by atoms with Crippen molar-refractivity contribution in [1.82, 2.24) is 0 Å². The molecule has 1 atom stereocenters. The molecular formula is C27H27NO3. The number of carboxylic acid groups (broad SMARTS) is 1. The maximum absolute atomic E-state index is 13.9. The van der Waals surface area contributed by atoms with Crippen LogP contribution in [0.3, 0.4) is 0 Å². The summed E-state index contributed by atoms with van der Waals surface area (Å²) < 4.78 is 0. The third kappa shape index (κ3) is 3.32. The number of fused-ring (bicyclic) bond motifs is 1. The minimum atomic E-state index is -0.987. The van der Waals surface area contributed by atoms with Crippen molar-refractivity contribution in [1.29, 1.82) is 0 Å². The Morgan fingerprint density at radius 2 is 1.55 bits per heavy atom. The van der Waals surface area contributed by atoms with Gasteiger partial charge in [0.1, 0.15) is 0 Å². The molecular weight excluding hydrogens is 386 g/mol. The van der Waals surface area contributed by atoms with Gasteiger partial charge in [0.15, 0.2) is 0 Å². The van der Waals surface area contributed by atoms with E-state index in [4.69, 9.17) is 0 Å². The lowest BCUT2D eigenvalue weighted by atomic mass is 9.76. The van der Waals surface area contributed by atoms with Crippen molar-refractivity contribution in [2.45, 2.75) is 45.4 Å². The number of amides is 1. The number of rotatable bonds is 3. The molecule has 0 fully saturated rings. The Labute approximate surface area is 183 Å². The number of anilines is 2. The first kappa shape index (κ1) is 20.9. The molecule has 158 valence electrons. The summed E-state index contributed by atoms with van der Waals surface area (Å²) in [4.78, 5) is 26.9. The molecule has 4 heteroatoms. The normalized spacial score (nSPS) is 18.2. The van der Waals surface area contributed by atoms with Gasteiger partial charge in [0.05, 0.1) is 16.7 Å². The number of carboxylic acids is 1. The molecule has 0 saturated carbocycles. The molecule has 0 bridgehead atoms. The Morgan fingerprint density at radius 1 is 0.935 bits per heavy atom. The van der Waals surface area contributed by atoms with Gasteiger partial charge in [-0.2, -0.15) is 0 Å². The van der Waals surface area contributed by atoms with Gasteiger partial charge >= 0.3 is 5.97 Å². The predicted molar refractivity (Wildman–Crippen MR) is 123 cm³/mol. The molecule has 1 N–H and O–H groups in total. The zero-order valence-corrected chi connectivity index (χ0v) is 18.6. The summed E-state index contributed by atoms with van der Waals surface area (Å²) in [5.41, 5.74) is 5.08. The number of hydrogen-bond acceptors (Lipinski definition) is 2. The summed E-state index contributed by atoms with van der Waals surface area (Å²) in [6.07, 6.45) is 0. The van der Waals surface area contributed by atoms with E-state index in [9.17, 15) is 14.7 Å². The molecule has 1 heterocycles. The van der Waals surface area contributed by atoms with Crippen LogP contribution in [0.25, 0.3) is 0 Å². The van der Waals surface area contributed by atoms with E-state index in [-0.39, 0.29) is 16.9 Å². The quantitative estimate of drug-likeness (QED) is 0.575. The van der Waals surface area contributed by atoms with Gasteiger partial charge in [-0.1, -0.05) is 57.2 Å². The van der Waals surface area contributed by atoms with E-state index >= 15 is 0 Å². The van der Waals surface area contributed by atoms with Gasteiger partial charge in [-0.05, 0) is 71.8 Å². The molecule has 0 saturated heterocycles. The highest BCUT2D eigenvalue weighted by molar-refractivity contribution is 6.14. The van der Waals surface area contributed by atoms with Crippen LogP contribution < -0.4 is 4.90 Å². The van der Waals surface area contributed by atoms with Crippen LogP contribution in [0.4, 0.5) is 11.4 Å². The molecule has 31 heavy (non-hydrogen) atoms. The summed E-state index contributed by atoms with van der Waals surface area (Å²) in [6.45, 7) is 10.5. The third-order valence-corrected chi connectivity index (χ3v) is 6.26. The molecule has 4 nitrogen and oxygen atoms in total. The summed E-state index contributed by atoms with van der Waals surface area (Å²) >= 11 is 0. The molecule has 0 spiro atoms. The van der Waals surface area contributed by atoms with Crippen molar-refractivity contribution in [3.63, 3.8) is 0 Å². The maximum atomic E-state index is 13.9. The molecule has 0 aromatic heterocycles. The average Bonchev–Trinajstić information content (AvgIpc) is 2.95. The fraction of sp³-hybridized carbons (Fsp3) is 0.259. The molecule has 3 aromatic carbocycles. The molecule has 3 aromatic rings. The van der Waals surface area contributed by atoms with E-state index < -0.39 is 11.4 Å². The summed E-state index contributed by atoms with van der Waals surface area (Å²) in [5.74, 6) is -1.03. The van der Waals surface area contributed by atoms with Crippen molar-refractivity contribution in [3.05, 3.63) is 94.5 Å². The monoisotopic (exact) mass is 413 g/mol. The number of aromatic carboxylic acids is 1. The maximum Gasteiger partial charge on any atom is 0.335 e. The van der Waals surface area contributed by atoms with Gasteiger partial charge in [0, 0.05) is 5.69 Å². The number of benzene rings is 3. The summed E-state index contributed by atoms with van der Waals surface area (Å²) in [6, 6.07) is 20.9. The Kier molecular flexibility index (Phi) is 4.77. The number of nitrogens with zero attached hydrogens (tertiary/aromatic N) is 1.